The zero-order chi connectivity index (χ0) is 12.4. The number of primary amides is 1. The van der Waals surface area contributed by atoms with Gasteiger partial charge in [-0.05, 0) is 12.8 Å². The molecule has 1 aliphatic heterocycles. The molecule has 0 bridgehead atoms. The molecule has 1 fully saturated rings. The summed E-state index contributed by atoms with van der Waals surface area (Å²) in [6.07, 6.45) is 1.23. The van der Waals surface area contributed by atoms with Crippen LogP contribution in [0.3, 0.4) is 0 Å². The summed E-state index contributed by atoms with van der Waals surface area (Å²) in [6, 6.07) is 1.50. The van der Waals surface area contributed by atoms with Crippen LogP contribution in [0.25, 0.3) is 0 Å². The van der Waals surface area contributed by atoms with Crippen LogP contribution in [-0.4, -0.2) is 40.0 Å². The SMILES string of the molecule is NC(=O)C1CCN(C(=O)c2cc(N)n[nH]2)CC1. The summed E-state index contributed by atoms with van der Waals surface area (Å²) in [6.45, 7) is 1.07. The minimum atomic E-state index is -0.289. The molecule has 2 heterocycles. The molecule has 7 heteroatoms. The van der Waals surface area contributed by atoms with Crippen molar-refractivity contribution in [1.29, 1.82) is 0 Å². The van der Waals surface area contributed by atoms with Crippen molar-refractivity contribution in [3.05, 3.63) is 11.8 Å². The summed E-state index contributed by atoms with van der Waals surface area (Å²) in [5, 5.41) is 6.29. The van der Waals surface area contributed by atoms with Crippen LogP contribution in [0.4, 0.5) is 5.82 Å². The van der Waals surface area contributed by atoms with Gasteiger partial charge in [0, 0.05) is 25.1 Å². The molecule has 17 heavy (non-hydrogen) atoms. The molecular weight excluding hydrogens is 222 g/mol. The molecule has 0 atom stereocenters. The second-order valence-electron chi connectivity index (χ2n) is 4.18. The van der Waals surface area contributed by atoms with Gasteiger partial charge in [-0.25, -0.2) is 0 Å². The third kappa shape index (κ3) is 2.38. The summed E-state index contributed by atoms with van der Waals surface area (Å²) in [5.74, 6) is -0.258. The number of nitrogens with one attached hydrogen (secondary N) is 1. The highest BCUT2D eigenvalue weighted by Gasteiger charge is 2.27. The Morgan fingerprint density at radius 3 is 2.53 bits per heavy atom. The van der Waals surface area contributed by atoms with Gasteiger partial charge in [0.05, 0.1) is 0 Å². The topological polar surface area (TPSA) is 118 Å². The summed E-state index contributed by atoms with van der Waals surface area (Å²) in [7, 11) is 0. The van der Waals surface area contributed by atoms with Crippen molar-refractivity contribution in [1.82, 2.24) is 15.1 Å². The van der Waals surface area contributed by atoms with E-state index in [1.807, 2.05) is 0 Å². The van der Waals surface area contributed by atoms with Gasteiger partial charge in [0.25, 0.3) is 5.91 Å². The van der Waals surface area contributed by atoms with Crippen LogP contribution in [0.5, 0.6) is 0 Å². The Kier molecular flexibility index (Phi) is 2.99. The van der Waals surface area contributed by atoms with E-state index in [0.717, 1.165) is 0 Å². The number of likely N-dealkylation sites (tertiary alicyclic amines) is 1. The number of anilines is 1. The number of hydrogen-bond donors (Lipinski definition) is 3. The number of carbonyl (C=O) groups is 2. The lowest BCUT2D eigenvalue weighted by Crippen LogP contribution is -2.41. The number of hydrogen-bond acceptors (Lipinski definition) is 4. The molecule has 7 nitrogen and oxygen atoms in total. The van der Waals surface area contributed by atoms with Gasteiger partial charge >= 0.3 is 0 Å². The van der Waals surface area contributed by atoms with E-state index < -0.39 is 0 Å². The van der Waals surface area contributed by atoms with Crippen molar-refractivity contribution in [3.8, 4) is 0 Å². The fourth-order valence-corrected chi connectivity index (χ4v) is 1.98. The molecule has 0 aliphatic carbocycles. The molecule has 1 aromatic rings. The van der Waals surface area contributed by atoms with E-state index in [2.05, 4.69) is 10.2 Å². The van der Waals surface area contributed by atoms with Gasteiger partial charge in [-0.3, -0.25) is 14.7 Å². The van der Waals surface area contributed by atoms with Crippen molar-refractivity contribution in [2.45, 2.75) is 12.8 Å². The van der Waals surface area contributed by atoms with Gasteiger partial charge in [-0.15, -0.1) is 0 Å². The molecule has 0 unspecified atom stereocenters. The summed E-state index contributed by atoms with van der Waals surface area (Å²) in [4.78, 5) is 24.6. The Labute approximate surface area is 98.1 Å². The van der Waals surface area contributed by atoms with Crippen LogP contribution >= 0.6 is 0 Å². The van der Waals surface area contributed by atoms with E-state index in [9.17, 15) is 9.59 Å². The number of nitrogens with two attached hydrogens (primary N) is 2. The predicted molar refractivity (Wildman–Crippen MR) is 60.8 cm³/mol. The predicted octanol–water partition coefficient (Wildman–Crippen LogP) is -0.671. The molecule has 1 aromatic heterocycles. The lowest BCUT2D eigenvalue weighted by molar-refractivity contribution is -0.123. The zero-order valence-electron chi connectivity index (χ0n) is 9.35. The summed E-state index contributed by atoms with van der Waals surface area (Å²) < 4.78 is 0. The molecule has 92 valence electrons. The maximum atomic E-state index is 12.0. The Morgan fingerprint density at radius 2 is 2.06 bits per heavy atom. The van der Waals surface area contributed by atoms with Crippen LogP contribution in [0.1, 0.15) is 23.3 Å². The van der Waals surface area contributed by atoms with Gasteiger partial charge in [0.2, 0.25) is 5.91 Å². The van der Waals surface area contributed by atoms with Crippen molar-refractivity contribution in [2.24, 2.45) is 11.7 Å². The van der Waals surface area contributed by atoms with Crippen molar-refractivity contribution >= 4 is 17.6 Å². The van der Waals surface area contributed by atoms with Gasteiger partial charge in [-0.1, -0.05) is 0 Å². The fourth-order valence-electron chi connectivity index (χ4n) is 1.98. The van der Waals surface area contributed by atoms with E-state index >= 15 is 0 Å². The molecule has 5 N–H and O–H groups in total. The number of aromatic amines is 1. The first-order valence-corrected chi connectivity index (χ1v) is 5.47. The van der Waals surface area contributed by atoms with Crippen LogP contribution in [-0.2, 0) is 4.79 Å². The maximum Gasteiger partial charge on any atom is 0.271 e. The first-order valence-electron chi connectivity index (χ1n) is 5.47. The first kappa shape index (κ1) is 11.4. The van der Waals surface area contributed by atoms with Crippen LogP contribution in [0.2, 0.25) is 0 Å². The number of carbonyl (C=O) groups excluding carboxylic acids is 2. The largest absolute Gasteiger partial charge is 0.382 e. The lowest BCUT2D eigenvalue weighted by atomic mass is 9.96. The molecule has 0 spiro atoms. The monoisotopic (exact) mass is 237 g/mol. The molecule has 2 rings (SSSR count). The second-order valence-corrected chi connectivity index (χ2v) is 4.18. The Balaban J connectivity index is 1.97. The van der Waals surface area contributed by atoms with E-state index in [0.29, 0.717) is 37.4 Å². The molecule has 0 saturated carbocycles. The second kappa shape index (κ2) is 4.44. The number of rotatable bonds is 2. The minimum Gasteiger partial charge on any atom is -0.382 e. The van der Waals surface area contributed by atoms with Gasteiger partial charge < -0.3 is 16.4 Å². The quantitative estimate of drug-likeness (QED) is 0.632. The van der Waals surface area contributed by atoms with Gasteiger partial charge in [0.1, 0.15) is 11.5 Å². The molecule has 1 aliphatic rings. The fraction of sp³-hybridized carbons (Fsp3) is 0.500. The smallest absolute Gasteiger partial charge is 0.271 e. The number of nitrogens with zero attached hydrogens (tertiary/aromatic N) is 2. The van der Waals surface area contributed by atoms with E-state index in [1.165, 1.54) is 6.07 Å². The Morgan fingerprint density at radius 1 is 1.41 bits per heavy atom. The number of nitrogen functional groups attached to an aromatic ring is 1. The average molecular weight is 237 g/mol. The minimum absolute atomic E-state index is 0.120. The van der Waals surface area contributed by atoms with E-state index in [-0.39, 0.29) is 17.7 Å². The van der Waals surface area contributed by atoms with Crippen molar-refractivity contribution in [3.63, 3.8) is 0 Å². The van der Waals surface area contributed by atoms with Crippen LogP contribution in [0.15, 0.2) is 6.07 Å². The van der Waals surface area contributed by atoms with Gasteiger partial charge in [-0.2, -0.15) is 5.10 Å². The Hall–Kier alpha value is -2.05. The van der Waals surface area contributed by atoms with Crippen LogP contribution < -0.4 is 11.5 Å². The molecule has 0 radical (unpaired) electrons. The third-order valence-corrected chi connectivity index (χ3v) is 3.01. The van der Waals surface area contributed by atoms with Crippen LogP contribution in [0, 0.1) is 5.92 Å². The zero-order valence-corrected chi connectivity index (χ0v) is 9.35. The third-order valence-electron chi connectivity index (χ3n) is 3.01. The highest BCUT2D eigenvalue weighted by molar-refractivity contribution is 5.93. The summed E-state index contributed by atoms with van der Waals surface area (Å²) >= 11 is 0. The normalized spacial score (nSPS) is 17.1. The maximum absolute atomic E-state index is 12.0. The van der Waals surface area contributed by atoms with Crippen molar-refractivity contribution in [2.75, 3.05) is 18.8 Å². The first-order chi connectivity index (χ1) is 8.08. The summed E-state index contributed by atoms with van der Waals surface area (Å²) in [5.41, 5.74) is 11.0. The number of amides is 2. The van der Waals surface area contributed by atoms with Crippen molar-refractivity contribution < 1.29 is 9.59 Å². The van der Waals surface area contributed by atoms with E-state index in [4.69, 9.17) is 11.5 Å². The molecule has 2 amide bonds. The average Bonchev–Trinajstić information content (AvgIpc) is 2.75. The van der Waals surface area contributed by atoms with Gasteiger partial charge in [0.15, 0.2) is 0 Å². The number of aromatic nitrogens is 2. The molecular formula is C10H15N5O2. The van der Waals surface area contributed by atoms with E-state index in [1.54, 1.807) is 4.90 Å². The lowest BCUT2D eigenvalue weighted by Gasteiger charge is -2.30. The Bertz CT molecular complexity index is 434. The molecule has 0 aromatic carbocycles. The standard InChI is InChI=1S/C10H15N5O2/c11-8-5-7(13-14-8)10(17)15-3-1-6(2-4-15)9(12)16/h5-6H,1-4H2,(H2,12,16)(H3,11,13,14). The highest BCUT2D eigenvalue weighted by atomic mass is 16.2. The number of piperidine rings is 1. The highest BCUT2D eigenvalue weighted by Crippen LogP contribution is 2.18. The number of H-pyrrole nitrogens is 1. The molecule has 1 saturated heterocycles.